The lowest BCUT2D eigenvalue weighted by Gasteiger charge is -2.09. The van der Waals surface area contributed by atoms with Gasteiger partial charge in [-0.05, 0) is 31.0 Å². The third kappa shape index (κ3) is 2.73. The van der Waals surface area contributed by atoms with Gasteiger partial charge in [0.15, 0.2) is 4.77 Å². The molecule has 0 bridgehead atoms. The van der Waals surface area contributed by atoms with Gasteiger partial charge in [0, 0.05) is 13.0 Å². The summed E-state index contributed by atoms with van der Waals surface area (Å²) in [7, 11) is 0. The van der Waals surface area contributed by atoms with Crippen LogP contribution in [0.4, 0.5) is 0 Å². The summed E-state index contributed by atoms with van der Waals surface area (Å²) in [5, 5.41) is 7.25. The van der Waals surface area contributed by atoms with Crippen molar-refractivity contribution in [1.82, 2.24) is 14.8 Å². The van der Waals surface area contributed by atoms with Crippen LogP contribution in [0.2, 0.25) is 0 Å². The lowest BCUT2D eigenvalue weighted by atomic mass is 10.0. The summed E-state index contributed by atoms with van der Waals surface area (Å²) in [5.41, 5.74) is 0. The lowest BCUT2D eigenvalue weighted by Crippen LogP contribution is -2.06. The molecule has 0 aromatic carbocycles. The molecule has 1 aliphatic rings. The van der Waals surface area contributed by atoms with Gasteiger partial charge in [-0.2, -0.15) is 5.10 Å². The first-order valence-corrected chi connectivity index (χ1v) is 6.86. The van der Waals surface area contributed by atoms with Crippen LogP contribution in [0.1, 0.15) is 51.3 Å². The van der Waals surface area contributed by atoms with Crippen LogP contribution >= 0.6 is 12.2 Å². The van der Waals surface area contributed by atoms with Crippen LogP contribution < -0.4 is 0 Å². The quantitative estimate of drug-likeness (QED) is 0.798. The highest BCUT2D eigenvalue weighted by Crippen LogP contribution is 2.28. The standard InChI is InChI=1S/C12H21N3S/c1-2-9-15-11(13-14-12(15)16)8-7-10-5-3-4-6-10/h10H,2-9H2,1H3,(H,14,16). The molecule has 1 aromatic rings. The highest BCUT2D eigenvalue weighted by molar-refractivity contribution is 7.71. The topological polar surface area (TPSA) is 33.6 Å². The van der Waals surface area contributed by atoms with Crippen molar-refractivity contribution in [3.63, 3.8) is 0 Å². The van der Waals surface area contributed by atoms with E-state index in [2.05, 4.69) is 21.7 Å². The van der Waals surface area contributed by atoms with E-state index in [-0.39, 0.29) is 0 Å². The summed E-state index contributed by atoms with van der Waals surface area (Å²) in [5.74, 6) is 2.08. The molecule has 1 aromatic heterocycles. The zero-order valence-electron chi connectivity index (χ0n) is 10.0. The number of hydrogen-bond acceptors (Lipinski definition) is 2. The molecule has 1 fully saturated rings. The van der Waals surface area contributed by atoms with E-state index >= 15 is 0 Å². The number of H-pyrrole nitrogens is 1. The van der Waals surface area contributed by atoms with Gasteiger partial charge >= 0.3 is 0 Å². The first-order chi connectivity index (χ1) is 7.81. The van der Waals surface area contributed by atoms with Gasteiger partial charge in [-0.15, -0.1) is 0 Å². The van der Waals surface area contributed by atoms with E-state index < -0.39 is 0 Å². The van der Waals surface area contributed by atoms with Crippen LogP contribution in [0.25, 0.3) is 0 Å². The SMILES string of the molecule is CCCn1c(CCC2CCCC2)n[nH]c1=S. The van der Waals surface area contributed by atoms with Crippen molar-refractivity contribution in [3.8, 4) is 0 Å². The maximum Gasteiger partial charge on any atom is 0.195 e. The zero-order valence-corrected chi connectivity index (χ0v) is 10.9. The van der Waals surface area contributed by atoms with E-state index in [1.807, 2.05) is 0 Å². The maximum atomic E-state index is 5.23. The van der Waals surface area contributed by atoms with Gasteiger partial charge < -0.3 is 4.57 Å². The first kappa shape index (κ1) is 11.8. The molecule has 4 heteroatoms. The summed E-state index contributed by atoms with van der Waals surface area (Å²) in [6.45, 7) is 3.17. The molecule has 2 rings (SSSR count). The predicted molar refractivity (Wildman–Crippen MR) is 68.0 cm³/mol. The average Bonchev–Trinajstić information content (AvgIpc) is 2.89. The van der Waals surface area contributed by atoms with E-state index in [1.54, 1.807) is 0 Å². The summed E-state index contributed by atoms with van der Waals surface area (Å²) in [6, 6.07) is 0. The van der Waals surface area contributed by atoms with Crippen molar-refractivity contribution in [2.45, 2.75) is 58.4 Å². The molecular weight excluding hydrogens is 218 g/mol. The Morgan fingerprint density at radius 1 is 1.44 bits per heavy atom. The van der Waals surface area contributed by atoms with Crippen molar-refractivity contribution < 1.29 is 0 Å². The number of aromatic amines is 1. The highest BCUT2D eigenvalue weighted by Gasteiger charge is 2.16. The van der Waals surface area contributed by atoms with E-state index in [1.165, 1.54) is 32.1 Å². The first-order valence-electron chi connectivity index (χ1n) is 6.45. The van der Waals surface area contributed by atoms with Crippen LogP contribution in [-0.4, -0.2) is 14.8 Å². The molecule has 0 atom stereocenters. The minimum atomic E-state index is 0.781. The Balaban J connectivity index is 1.95. The van der Waals surface area contributed by atoms with Crippen molar-refractivity contribution in [2.75, 3.05) is 0 Å². The molecule has 0 aliphatic heterocycles. The molecule has 1 aliphatic carbocycles. The van der Waals surface area contributed by atoms with E-state index in [0.29, 0.717) is 0 Å². The van der Waals surface area contributed by atoms with Gasteiger partial charge in [-0.25, -0.2) is 0 Å². The summed E-state index contributed by atoms with van der Waals surface area (Å²) < 4.78 is 2.94. The van der Waals surface area contributed by atoms with Gasteiger partial charge in [0.2, 0.25) is 0 Å². The second kappa shape index (κ2) is 5.62. The van der Waals surface area contributed by atoms with E-state index in [0.717, 1.165) is 35.9 Å². The fourth-order valence-corrected chi connectivity index (χ4v) is 2.87. The number of aromatic nitrogens is 3. The molecule has 0 amide bonds. The molecule has 90 valence electrons. The smallest absolute Gasteiger partial charge is 0.195 e. The number of nitrogens with one attached hydrogen (secondary N) is 1. The minimum absolute atomic E-state index is 0.781. The summed E-state index contributed by atoms with van der Waals surface area (Å²) in [4.78, 5) is 0. The van der Waals surface area contributed by atoms with E-state index in [4.69, 9.17) is 12.2 Å². The molecule has 1 heterocycles. The van der Waals surface area contributed by atoms with Gasteiger partial charge in [0.1, 0.15) is 5.82 Å². The largest absolute Gasteiger partial charge is 0.304 e. The molecule has 0 saturated heterocycles. The minimum Gasteiger partial charge on any atom is -0.304 e. The monoisotopic (exact) mass is 239 g/mol. The Hall–Kier alpha value is -0.640. The van der Waals surface area contributed by atoms with Crippen molar-refractivity contribution in [2.24, 2.45) is 5.92 Å². The maximum absolute atomic E-state index is 5.23. The summed E-state index contributed by atoms with van der Waals surface area (Å²) in [6.07, 6.45) is 9.16. The lowest BCUT2D eigenvalue weighted by molar-refractivity contribution is 0.486. The summed E-state index contributed by atoms with van der Waals surface area (Å²) >= 11 is 5.23. The normalized spacial score (nSPS) is 17.1. The number of rotatable bonds is 5. The second-order valence-electron chi connectivity index (χ2n) is 4.79. The Kier molecular flexibility index (Phi) is 4.16. The Morgan fingerprint density at radius 3 is 2.88 bits per heavy atom. The van der Waals surface area contributed by atoms with Gasteiger partial charge in [-0.1, -0.05) is 32.6 Å². The Labute approximate surface area is 102 Å². The molecule has 16 heavy (non-hydrogen) atoms. The number of hydrogen-bond donors (Lipinski definition) is 1. The molecule has 0 spiro atoms. The molecular formula is C12H21N3S. The van der Waals surface area contributed by atoms with Gasteiger partial charge in [-0.3, -0.25) is 5.10 Å². The second-order valence-corrected chi connectivity index (χ2v) is 5.17. The third-order valence-electron chi connectivity index (χ3n) is 3.54. The predicted octanol–water partition coefficient (Wildman–Crippen LogP) is 3.47. The van der Waals surface area contributed by atoms with Crippen LogP contribution in [0.5, 0.6) is 0 Å². The fraction of sp³-hybridized carbons (Fsp3) is 0.833. The molecule has 0 radical (unpaired) electrons. The molecule has 1 N–H and O–H groups in total. The van der Waals surface area contributed by atoms with Crippen molar-refractivity contribution in [3.05, 3.63) is 10.6 Å². The van der Waals surface area contributed by atoms with Gasteiger partial charge in [0.25, 0.3) is 0 Å². The molecule has 3 nitrogen and oxygen atoms in total. The van der Waals surface area contributed by atoms with Crippen LogP contribution in [-0.2, 0) is 13.0 Å². The number of aryl methyl sites for hydroxylation is 1. The Bertz CT molecular complexity index is 374. The Morgan fingerprint density at radius 2 is 2.19 bits per heavy atom. The number of nitrogens with zero attached hydrogens (tertiary/aromatic N) is 2. The van der Waals surface area contributed by atoms with Crippen molar-refractivity contribution in [1.29, 1.82) is 0 Å². The van der Waals surface area contributed by atoms with E-state index in [9.17, 15) is 0 Å². The molecule has 0 unspecified atom stereocenters. The average molecular weight is 239 g/mol. The fourth-order valence-electron chi connectivity index (χ4n) is 2.63. The zero-order chi connectivity index (χ0) is 11.4. The third-order valence-corrected chi connectivity index (χ3v) is 3.85. The molecule has 1 saturated carbocycles. The van der Waals surface area contributed by atoms with Crippen LogP contribution in [0.3, 0.4) is 0 Å². The van der Waals surface area contributed by atoms with Crippen LogP contribution in [0, 0.1) is 10.7 Å². The van der Waals surface area contributed by atoms with Crippen LogP contribution in [0.15, 0.2) is 0 Å². The van der Waals surface area contributed by atoms with Crippen molar-refractivity contribution >= 4 is 12.2 Å². The highest BCUT2D eigenvalue weighted by atomic mass is 32.1. The van der Waals surface area contributed by atoms with Gasteiger partial charge in [0.05, 0.1) is 0 Å².